The second kappa shape index (κ2) is 10.7. The average molecular weight is 482 g/mol. The number of hydrogen-bond acceptors (Lipinski definition) is 4. The zero-order valence-corrected chi connectivity index (χ0v) is 20.3. The third kappa shape index (κ3) is 5.46. The summed E-state index contributed by atoms with van der Waals surface area (Å²) in [6.07, 6.45) is 0.993. The SMILES string of the molecule is CC(C(=O)Nc1cc(C(N)(N)c2ccccc2)ccc1CCCC(=O)O)c1cccc2ccccc12. The van der Waals surface area contributed by atoms with Crippen LogP contribution in [0.2, 0.25) is 0 Å². The van der Waals surface area contributed by atoms with Crippen LogP contribution in [0.3, 0.4) is 0 Å². The van der Waals surface area contributed by atoms with Gasteiger partial charge in [0.2, 0.25) is 5.91 Å². The summed E-state index contributed by atoms with van der Waals surface area (Å²) in [5, 5.41) is 14.3. The molecule has 0 aliphatic rings. The number of aliphatic carboxylic acids is 1. The molecular weight excluding hydrogens is 450 g/mol. The van der Waals surface area contributed by atoms with Gasteiger partial charge < -0.3 is 21.9 Å². The van der Waals surface area contributed by atoms with Crippen molar-refractivity contribution in [2.75, 3.05) is 5.32 Å². The van der Waals surface area contributed by atoms with E-state index in [-0.39, 0.29) is 12.3 Å². The molecule has 4 aromatic carbocycles. The Morgan fingerprint density at radius 3 is 2.33 bits per heavy atom. The van der Waals surface area contributed by atoms with Gasteiger partial charge in [-0.25, -0.2) is 0 Å². The predicted molar refractivity (Wildman–Crippen MR) is 144 cm³/mol. The standard InChI is InChI=1S/C30H31N3O3/c1-20(25-15-7-10-21-9-5-6-14-26(21)25)29(36)33-27-19-24(18-17-22(27)11-8-16-28(34)35)30(31,32)23-12-3-2-4-13-23/h2-7,9-10,12-15,17-20H,8,11,16,31-32H2,1H3,(H,33,36)(H,34,35). The highest BCUT2D eigenvalue weighted by Crippen LogP contribution is 2.30. The van der Waals surface area contributed by atoms with Crippen molar-refractivity contribution in [3.63, 3.8) is 0 Å². The van der Waals surface area contributed by atoms with E-state index in [4.69, 9.17) is 16.6 Å². The molecule has 6 heteroatoms. The van der Waals surface area contributed by atoms with Crippen LogP contribution in [-0.4, -0.2) is 17.0 Å². The van der Waals surface area contributed by atoms with Gasteiger partial charge in [0.15, 0.2) is 0 Å². The molecular formula is C30H31N3O3. The van der Waals surface area contributed by atoms with E-state index in [1.165, 1.54) is 0 Å². The molecule has 0 aliphatic carbocycles. The molecule has 36 heavy (non-hydrogen) atoms. The summed E-state index contributed by atoms with van der Waals surface area (Å²) in [4.78, 5) is 24.5. The molecule has 0 spiro atoms. The Morgan fingerprint density at radius 1 is 0.889 bits per heavy atom. The van der Waals surface area contributed by atoms with Crippen molar-refractivity contribution in [2.24, 2.45) is 11.5 Å². The van der Waals surface area contributed by atoms with Crippen LogP contribution in [0.1, 0.15) is 47.9 Å². The largest absolute Gasteiger partial charge is 0.481 e. The maximum absolute atomic E-state index is 13.5. The minimum Gasteiger partial charge on any atom is -0.481 e. The molecule has 6 nitrogen and oxygen atoms in total. The van der Waals surface area contributed by atoms with Crippen molar-refractivity contribution < 1.29 is 14.7 Å². The van der Waals surface area contributed by atoms with Crippen LogP contribution in [0, 0.1) is 0 Å². The molecule has 0 aliphatic heterocycles. The Morgan fingerprint density at radius 2 is 1.58 bits per heavy atom. The summed E-state index contributed by atoms with van der Waals surface area (Å²) in [7, 11) is 0. The van der Waals surface area contributed by atoms with Gasteiger partial charge in [-0.05, 0) is 58.9 Å². The summed E-state index contributed by atoms with van der Waals surface area (Å²) < 4.78 is 0. The molecule has 0 heterocycles. The van der Waals surface area contributed by atoms with Crippen molar-refractivity contribution in [1.82, 2.24) is 0 Å². The number of amides is 1. The van der Waals surface area contributed by atoms with Gasteiger partial charge in [-0.1, -0.05) is 84.9 Å². The first-order valence-electron chi connectivity index (χ1n) is 12.0. The van der Waals surface area contributed by atoms with Crippen LogP contribution in [0.25, 0.3) is 10.8 Å². The summed E-state index contributed by atoms with van der Waals surface area (Å²) in [5.41, 5.74) is 15.6. The van der Waals surface area contributed by atoms with E-state index in [0.717, 1.165) is 27.5 Å². The monoisotopic (exact) mass is 481 g/mol. The van der Waals surface area contributed by atoms with E-state index in [1.54, 1.807) is 6.07 Å². The summed E-state index contributed by atoms with van der Waals surface area (Å²) >= 11 is 0. The number of carbonyl (C=O) groups is 2. The topological polar surface area (TPSA) is 118 Å². The number of carbonyl (C=O) groups excluding carboxylic acids is 1. The van der Waals surface area contributed by atoms with Crippen LogP contribution in [-0.2, 0) is 21.7 Å². The molecule has 0 fully saturated rings. The molecule has 0 aromatic heterocycles. The maximum atomic E-state index is 13.5. The number of rotatable bonds is 9. The molecule has 0 radical (unpaired) electrons. The summed E-state index contributed by atoms with van der Waals surface area (Å²) in [5.74, 6) is -1.43. The van der Waals surface area contributed by atoms with Crippen molar-refractivity contribution in [3.05, 3.63) is 113 Å². The number of nitrogens with two attached hydrogens (primary N) is 2. The quantitative estimate of drug-likeness (QED) is 0.248. The Labute approximate surface area is 210 Å². The minimum atomic E-state index is -1.26. The van der Waals surface area contributed by atoms with Gasteiger partial charge in [0.25, 0.3) is 0 Å². The van der Waals surface area contributed by atoms with E-state index in [9.17, 15) is 9.59 Å². The highest BCUT2D eigenvalue weighted by molar-refractivity contribution is 5.99. The predicted octanol–water partition coefficient (Wildman–Crippen LogP) is 5.11. The summed E-state index contributed by atoms with van der Waals surface area (Å²) in [6, 6.07) is 28.8. The normalized spacial score (nSPS) is 12.3. The van der Waals surface area contributed by atoms with Crippen molar-refractivity contribution >= 4 is 28.3 Å². The Balaban J connectivity index is 1.67. The van der Waals surface area contributed by atoms with Crippen LogP contribution >= 0.6 is 0 Å². The lowest BCUT2D eigenvalue weighted by Gasteiger charge is -2.27. The number of aryl methyl sites for hydroxylation is 1. The Bertz CT molecular complexity index is 1380. The number of nitrogens with one attached hydrogen (secondary N) is 1. The number of hydrogen-bond donors (Lipinski definition) is 4. The van der Waals surface area contributed by atoms with Gasteiger partial charge in [0, 0.05) is 12.1 Å². The van der Waals surface area contributed by atoms with Gasteiger partial charge in [-0.2, -0.15) is 0 Å². The van der Waals surface area contributed by atoms with Crippen molar-refractivity contribution in [1.29, 1.82) is 0 Å². The third-order valence-corrected chi connectivity index (χ3v) is 6.62. The van der Waals surface area contributed by atoms with Crippen LogP contribution in [0.4, 0.5) is 5.69 Å². The maximum Gasteiger partial charge on any atom is 0.303 e. The summed E-state index contributed by atoms with van der Waals surface area (Å²) in [6.45, 7) is 1.88. The highest BCUT2D eigenvalue weighted by Gasteiger charge is 2.26. The van der Waals surface area contributed by atoms with Crippen LogP contribution < -0.4 is 16.8 Å². The van der Waals surface area contributed by atoms with Gasteiger partial charge in [0.05, 0.1) is 5.92 Å². The van der Waals surface area contributed by atoms with Gasteiger partial charge in [0.1, 0.15) is 5.66 Å². The molecule has 0 saturated carbocycles. The number of carboxylic acid groups (broad SMARTS) is 1. The zero-order valence-electron chi connectivity index (χ0n) is 20.3. The molecule has 1 unspecified atom stereocenters. The van der Waals surface area contributed by atoms with E-state index in [1.807, 2.05) is 91.9 Å². The lowest BCUT2D eigenvalue weighted by Crippen LogP contribution is -2.47. The van der Waals surface area contributed by atoms with E-state index >= 15 is 0 Å². The fraction of sp³-hybridized carbons (Fsp3) is 0.200. The molecule has 4 aromatic rings. The second-order valence-electron chi connectivity index (χ2n) is 9.13. The first-order chi connectivity index (χ1) is 17.3. The third-order valence-electron chi connectivity index (χ3n) is 6.62. The average Bonchev–Trinajstić information content (AvgIpc) is 2.89. The van der Waals surface area contributed by atoms with E-state index in [0.29, 0.717) is 24.1 Å². The zero-order chi connectivity index (χ0) is 25.7. The second-order valence-corrected chi connectivity index (χ2v) is 9.13. The van der Waals surface area contributed by atoms with Crippen molar-refractivity contribution in [2.45, 2.75) is 37.8 Å². The lowest BCUT2D eigenvalue weighted by molar-refractivity contribution is -0.137. The minimum absolute atomic E-state index is 0.0449. The molecule has 4 rings (SSSR count). The fourth-order valence-corrected chi connectivity index (χ4v) is 4.49. The van der Waals surface area contributed by atoms with Crippen molar-refractivity contribution in [3.8, 4) is 0 Å². The van der Waals surface area contributed by atoms with E-state index in [2.05, 4.69) is 5.32 Å². The smallest absolute Gasteiger partial charge is 0.303 e. The molecule has 0 saturated heterocycles. The van der Waals surface area contributed by atoms with Gasteiger partial charge in [-0.15, -0.1) is 0 Å². The Hall–Kier alpha value is -4.00. The first kappa shape index (κ1) is 25.1. The Kier molecular flexibility index (Phi) is 7.48. The molecule has 6 N–H and O–H groups in total. The van der Waals surface area contributed by atoms with E-state index < -0.39 is 17.6 Å². The lowest BCUT2D eigenvalue weighted by atomic mass is 9.90. The molecule has 1 atom stereocenters. The first-order valence-corrected chi connectivity index (χ1v) is 12.0. The fourth-order valence-electron chi connectivity index (χ4n) is 4.49. The number of fused-ring (bicyclic) bond motifs is 1. The molecule has 0 bridgehead atoms. The number of carboxylic acids is 1. The number of anilines is 1. The molecule has 1 amide bonds. The van der Waals surface area contributed by atoms with Crippen LogP contribution in [0.5, 0.6) is 0 Å². The van der Waals surface area contributed by atoms with Crippen LogP contribution in [0.15, 0.2) is 91.0 Å². The highest BCUT2D eigenvalue weighted by atomic mass is 16.4. The van der Waals surface area contributed by atoms with Gasteiger partial charge >= 0.3 is 5.97 Å². The van der Waals surface area contributed by atoms with Gasteiger partial charge in [-0.3, -0.25) is 9.59 Å². The molecule has 184 valence electrons. The number of benzene rings is 4.